The van der Waals surface area contributed by atoms with Crippen LogP contribution in [0.25, 0.3) is 0 Å². The van der Waals surface area contributed by atoms with E-state index < -0.39 is 14.1 Å². The van der Waals surface area contributed by atoms with E-state index in [1.807, 2.05) is 0 Å². The lowest BCUT2D eigenvalue weighted by atomic mass is 10.4. The maximum atomic E-state index is 5.78. The van der Waals surface area contributed by atoms with Gasteiger partial charge in [0.25, 0.3) is 0 Å². The number of hydrogen-bond acceptors (Lipinski definition) is 0. The van der Waals surface area contributed by atoms with Gasteiger partial charge in [-0.05, 0) is 6.04 Å². The Kier molecular flexibility index (Phi) is 4.90. The maximum absolute atomic E-state index is 5.78. The lowest BCUT2D eigenvalue weighted by molar-refractivity contribution is 1.32. The van der Waals surface area contributed by atoms with E-state index in [0.29, 0.717) is 6.04 Å². The predicted molar refractivity (Wildman–Crippen MR) is 65.4 cm³/mol. The largest absolute Gasteiger partial charge is 0.345 e. The van der Waals surface area contributed by atoms with Crippen molar-refractivity contribution >= 4 is 47.3 Å². The molecule has 0 saturated heterocycles. The molecule has 0 aliphatic rings. The zero-order chi connectivity index (χ0) is 9.99. The SMILES string of the molecule is C=C(C[Si](C)(C)C)C[Si](Cl)(Cl)Cl. The maximum Gasteiger partial charge on any atom is 0.345 e. The van der Waals surface area contributed by atoms with Gasteiger partial charge in [0.1, 0.15) is 0 Å². The topological polar surface area (TPSA) is 0 Å². The summed E-state index contributed by atoms with van der Waals surface area (Å²) in [7, 11) is -1.07. The minimum Gasteiger partial charge on any atom is -0.126 e. The highest BCUT2D eigenvalue weighted by atomic mass is 35.8. The summed E-state index contributed by atoms with van der Waals surface area (Å²) in [6, 6.07) is -0.804. The lowest BCUT2D eigenvalue weighted by Gasteiger charge is -2.19. The number of hydrogen-bond donors (Lipinski definition) is 0. The van der Waals surface area contributed by atoms with Crippen molar-refractivity contribution in [3.05, 3.63) is 12.2 Å². The third kappa shape index (κ3) is 9.13. The van der Waals surface area contributed by atoms with Crippen LogP contribution in [-0.2, 0) is 0 Å². The molecule has 0 aromatic heterocycles. The highest BCUT2D eigenvalue weighted by molar-refractivity contribution is 7.64. The van der Waals surface area contributed by atoms with Gasteiger partial charge in [0.05, 0.1) is 0 Å². The van der Waals surface area contributed by atoms with Gasteiger partial charge in [-0.25, -0.2) is 0 Å². The van der Waals surface area contributed by atoms with Crippen molar-refractivity contribution in [3.8, 4) is 0 Å². The molecule has 0 aliphatic carbocycles. The summed E-state index contributed by atoms with van der Waals surface area (Å²) < 4.78 is 0. The predicted octanol–water partition coefficient (Wildman–Crippen LogP) is 4.54. The molecule has 0 unspecified atom stereocenters. The van der Waals surface area contributed by atoms with Gasteiger partial charge in [-0.15, -0.1) is 39.8 Å². The average molecular weight is 262 g/mol. The van der Waals surface area contributed by atoms with Crippen molar-refractivity contribution in [2.45, 2.75) is 31.7 Å². The van der Waals surface area contributed by atoms with Crippen molar-refractivity contribution < 1.29 is 0 Å². The Bertz CT molecular complexity index is 148. The first-order valence-corrected chi connectivity index (χ1v) is 12.8. The van der Waals surface area contributed by atoms with Crippen LogP contribution in [0.5, 0.6) is 0 Å². The molecule has 0 spiro atoms. The van der Waals surface area contributed by atoms with Gasteiger partial charge < -0.3 is 0 Å². The van der Waals surface area contributed by atoms with Crippen molar-refractivity contribution in [3.63, 3.8) is 0 Å². The molecule has 0 atom stereocenters. The smallest absolute Gasteiger partial charge is 0.126 e. The van der Waals surface area contributed by atoms with Gasteiger partial charge in [0.2, 0.25) is 0 Å². The van der Waals surface area contributed by atoms with E-state index in [2.05, 4.69) is 26.2 Å². The van der Waals surface area contributed by atoms with Crippen molar-refractivity contribution in [1.29, 1.82) is 0 Å². The molecule has 0 aromatic rings. The molecule has 72 valence electrons. The molecule has 0 bridgehead atoms. The summed E-state index contributed by atoms with van der Waals surface area (Å²) in [6.45, 7) is 10.8. The van der Waals surface area contributed by atoms with Crippen LogP contribution >= 0.6 is 33.2 Å². The van der Waals surface area contributed by atoms with Crippen molar-refractivity contribution in [2.24, 2.45) is 0 Å². The second-order valence-corrected chi connectivity index (χ2v) is 18.9. The molecule has 0 fully saturated rings. The van der Waals surface area contributed by atoms with E-state index in [1.165, 1.54) is 0 Å². The Labute approximate surface area is 91.0 Å². The third-order valence-corrected chi connectivity index (χ3v) is 4.90. The van der Waals surface area contributed by atoms with Gasteiger partial charge in [-0.3, -0.25) is 0 Å². The average Bonchev–Trinajstić information content (AvgIpc) is 1.49. The Morgan fingerprint density at radius 3 is 1.75 bits per heavy atom. The van der Waals surface area contributed by atoms with Gasteiger partial charge >= 0.3 is 6.00 Å². The second-order valence-electron chi connectivity index (χ2n) is 4.28. The van der Waals surface area contributed by atoms with Gasteiger partial charge in [0, 0.05) is 14.1 Å². The van der Waals surface area contributed by atoms with E-state index >= 15 is 0 Å². The molecule has 5 heteroatoms. The molecule has 0 amide bonds. The standard InChI is InChI=1S/C7H15Cl3Si2/c1-7(5-11(2,3)4)6-12(8,9)10/h1,5-6H2,2-4H3. The van der Waals surface area contributed by atoms with E-state index in [9.17, 15) is 0 Å². The first kappa shape index (κ1) is 13.0. The minimum atomic E-state index is -2.48. The molecule has 0 rings (SSSR count). The zero-order valence-electron chi connectivity index (χ0n) is 7.76. The van der Waals surface area contributed by atoms with Crippen LogP contribution in [0.1, 0.15) is 0 Å². The molecule has 0 saturated carbocycles. The Balaban J connectivity index is 3.92. The fourth-order valence-corrected chi connectivity index (χ4v) is 5.36. The van der Waals surface area contributed by atoms with Crippen molar-refractivity contribution in [2.75, 3.05) is 0 Å². The van der Waals surface area contributed by atoms with Gasteiger partial charge in [-0.1, -0.05) is 25.2 Å². The van der Waals surface area contributed by atoms with E-state index in [4.69, 9.17) is 33.2 Å². The zero-order valence-corrected chi connectivity index (χ0v) is 12.0. The van der Waals surface area contributed by atoms with Crippen LogP contribution in [0, 0.1) is 0 Å². The summed E-state index contributed by atoms with van der Waals surface area (Å²) in [5.74, 6) is 0. The first-order chi connectivity index (χ1) is 5.10. The number of allylic oxidation sites excluding steroid dienone is 1. The molecular weight excluding hydrogens is 247 g/mol. The van der Waals surface area contributed by atoms with Crippen LogP contribution in [0.3, 0.4) is 0 Å². The lowest BCUT2D eigenvalue weighted by Crippen LogP contribution is -2.21. The Morgan fingerprint density at radius 1 is 1.08 bits per heavy atom. The van der Waals surface area contributed by atoms with E-state index in [-0.39, 0.29) is 0 Å². The van der Waals surface area contributed by atoms with Crippen molar-refractivity contribution in [1.82, 2.24) is 0 Å². The van der Waals surface area contributed by atoms with Gasteiger partial charge in [-0.2, -0.15) is 0 Å². The Hall–Kier alpha value is 1.04. The number of halogens is 3. The second kappa shape index (κ2) is 4.51. The molecule has 0 radical (unpaired) electrons. The molecule has 0 aromatic carbocycles. The fraction of sp³-hybridized carbons (Fsp3) is 0.714. The highest BCUT2D eigenvalue weighted by Crippen LogP contribution is 2.31. The van der Waals surface area contributed by atoms with Gasteiger partial charge in [0.15, 0.2) is 0 Å². The fourth-order valence-electron chi connectivity index (χ4n) is 1.10. The minimum absolute atomic E-state index is 0.613. The highest BCUT2D eigenvalue weighted by Gasteiger charge is 2.27. The normalized spacial score (nSPS) is 13.2. The van der Waals surface area contributed by atoms with Crippen LogP contribution in [0.2, 0.25) is 31.7 Å². The quantitative estimate of drug-likeness (QED) is 0.396. The van der Waals surface area contributed by atoms with Crippen LogP contribution in [0.4, 0.5) is 0 Å². The molecular formula is C7H15Cl3Si2. The molecule has 0 N–H and O–H groups in total. The van der Waals surface area contributed by atoms with E-state index in [1.54, 1.807) is 0 Å². The van der Waals surface area contributed by atoms with Crippen LogP contribution in [-0.4, -0.2) is 14.1 Å². The summed E-state index contributed by atoms with van der Waals surface area (Å²) in [6.07, 6.45) is 0. The monoisotopic (exact) mass is 260 g/mol. The first-order valence-electron chi connectivity index (χ1n) is 3.83. The number of rotatable bonds is 4. The summed E-state index contributed by atoms with van der Waals surface area (Å²) in [5, 5.41) is 0. The molecule has 0 heterocycles. The summed E-state index contributed by atoms with van der Waals surface area (Å²) in [5.41, 5.74) is 1.11. The molecule has 0 nitrogen and oxygen atoms in total. The van der Waals surface area contributed by atoms with Crippen LogP contribution < -0.4 is 0 Å². The third-order valence-electron chi connectivity index (χ3n) is 1.23. The Morgan fingerprint density at radius 2 is 1.50 bits per heavy atom. The summed E-state index contributed by atoms with van der Waals surface area (Å²) in [4.78, 5) is 0. The molecule has 0 aliphatic heterocycles. The van der Waals surface area contributed by atoms with Crippen LogP contribution in [0.15, 0.2) is 12.2 Å². The molecule has 12 heavy (non-hydrogen) atoms. The summed E-state index contributed by atoms with van der Waals surface area (Å²) >= 11 is 17.3. The van der Waals surface area contributed by atoms with E-state index in [0.717, 1.165) is 11.6 Å².